The molecule has 0 bridgehead atoms. The quantitative estimate of drug-likeness (QED) is 0.544. The molecule has 5 nitrogen and oxygen atoms in total. The zero-order valence-corrected chi connectivity index (χ0v) is 18.4. The topological polar surface area (TPSA) is 53.5 Å². The van der Waals surface area contributed by atoms with Crippen LogP contribution < -0.4 is 0 Å². The molecule has 162 valence electrons. The summed E-state index contributed by atoms with van der Waals surface area (Å²) in [5, 5.41) is 0.896. The number of nitrogens with zero attached hydrogens (tertiary/aromatic N) is 3. The van der Waals surface area contributed by atoms with E-state index in [1.165, 1.54) is 23.7 Å². The van der Waals surface area contributed by atoms with Gasteiger partial charge in [-0.3, -0.25) is 9.59 Å². The average Bonchev–Trinajstić information content (AvgIpc) is 3.23. The van der Waals surface area contributed by atoms with E-state index >= 15 is 0 Å². The molecule has 0 N–H and O–H groups in total. The molecule has 2 amide bonds. The third-order valence-electron chi connectivity index (χ3n) is 5.94. The van der Waals surface area contributed by atoms with E-state index in [1.807, 2.05) is 29.2 Å². The molecule has 0 saturated carbocycles. The maximum atomic E-state index is 13.2. The van der Waals surface area contributed by atoms with Crippen LogP contribution >= 0.6 is 11.5 Å². The monoisotopic (exact) mass is 439 g/mol. The van der Waals surface area contributed by atoms with Crippen molar-refractivity contribution in [2.45, 2.75) is 38.1 Å². The summed E-state index contributed by atoms with van der Waals surface area (Å²) >= 11 is 1.34. The van der Waals surface area contributed by atoms with E-state index in [4.69, 9.17) is 0 Å². The van der Waals surface area contributed by atoms with E-state index in [0.29, 0.717) is 17.8 Å². The fourth-order valence-corrected chi connectivity index (χ4v) is 4.98. The van der Waals surface area contributed by atoms with Gasteiger partial charge in [0, 0.05) is 37.1 Å². The van der Waals surface area contributed by atoms with Crippen molar-refractivity contribution in [1.82, 2.24) is 14.2 Å². The van der Waals surface area contributed by atoms with Gasteiger partial charge in [-0.1, -0.05) is 18.2 Å². The number of benzene rings is 2. The SMILES string of the molecule is CN(CCCC1CCCCN1C(=O)c1ccc(F)cc1)C(=O)c1nsc2ccccc12. The number of likely N-dealkylation sites (tertiary alicyclic amines) is 1. The molecule has 1 aromatic heterocycles. The summed E-state index contributed by atoms with van der Waals surface area (Å²) in [4.78, 5) is 29.4. The zero-order chi connectivity index (χ0) is 21.8. The molecule has 1 atom stereocenters. The van der Waals surface area contributed by atoms with E-state index < -0.39 is 0 Å². The molecule has 0 spiro atoms. The van der Waals surface area contributed by atoms with Crippen molar-refractivity contribution in [3.63, 3.8) is 0 Å². The van der Waals surface area contributed by atoms with Crippen LogP contribution in [0.3, 0.4) is 0 Å². The molecule has 4 rings (SSSR count). The lowest BCUT2D eigenvalue weighted by molar-refractivity contribution is 0.0588. The van der Waals surface area contributed by atoms with Crippen molar-refractivity contribution >= 4 is 33.4 Å². The Morgan fingerprint density at radius 2 is 1.94 bits per heavy atom. The van der Waals surface area contributed by atoms with Crippen LogP contribution in [-0.2, 0) is 0 Å². The number of amides is 2. The van der Waals surface area contributed by atoms with Gasteiger partial charge >= 0.3 is 0 Å². The van der Waals surface area contributed by atoms with Crippen molar-refractivity contribution < 1.29 is 14.0 Å². The first kappa shape index (κ1) is 21.4. The predicted octanol–water partition coefficient (Wildman–Crippen LogP) is 4.98. The van der Waals surface area contributed by atoms with Gasteiger partial charge in [0.2, 0.25) is 0 Å². The Kier molecular flexibility index (Phi) is 6.61. The molecule has 7 heteroatoms. The fourth-order valence-electron chi connectivity index (χ4n) is 4.21. The van der Waals surface area contributed by atoms with E-state index in [0.717, 1.165) is 48.7 Å². The minimum atomic E-state index is -0.340. The summed E-state index contributed by atoms with van der Waals surface area (Å²) in [6, 6.07) is 13.7. The molecule has 1 saturated heterocycles. The largest absolute Gasteiger partial charge is 0.340 e. The van der Waals surface area contributed by atoms with Gasteiger partial charge in [0.05, 0.1) is 4.70 Å². The van der Waals surface area contributed by atoms with Gasteiger partial charge in [-0.15, -0.1) is 0 Å². The number of piperidine rings is 1. The number of aromatic nitrogens is 1. The summed E-state index contributed by atoms with van der Waals surface area (Å²) in [5.74, 6) is -0.448. The molecule has 1 unspecified atom stereocenters. The Labute approximate surface area is 185 Å². The molecule has 0 aliphatic carbocycles. The number of halogens is 1. The third-order valence-corrected chi connectivity index (χ3v) is 6.76. The first-order valence-corrected chi connectivity index (χ1v) is 11.5. The Balaban J connectivity index is 1.35. The molecule has 2 heterocycles. The van der Waals surface area contributed by atoms with Crippen LogP contribution in [0.1, 0.15) is 53.0 Å². The second-order valence-corrected chi connectivity index (χ2v) is 8.86. The smallest absolute Gasteiger partial charge is 0.273 e. The van der Waals surface area contributed by atoms with Gasteiger partial charge in [0.15, 0.2) is 0 Å². The lowest BCUT2D eigenvalue weighted by Gasteiger charge is -2.36. The van der Waals surface area contributed by atoms with E-state index in [9.17, 15) is 14.0 Å². The van der Waals surface area contributed by atoms with Gasteiger partial charge < -0.3 is 9.80 Å². The van der Waals surface area contributed by atoms with Crippen LogP contribution in [0.5, 0.6) is 0 Å². The highest BCUT2D eigenvalue weighted by atomic mass is 32.1. The molecule has 1 aliphatic rings. The molecular weight excluding hydrogens is 413 g/mol. The van der Waals surface area contributed by atoms with Crippen LogP contribution in [0.2, 0.25) is 0 Å². The number of hydrogen-bond donors (Lipinski definition) is 0. The number of hydrogen-bond acceptors (Lipinski definition) is 4. The molecular formula is C24H26FN3O2S. The molecule has 3 aromatic rings. The minimum absolute atomic E-state index is 0.0388. The highest BCUT2D eigenvalue weighted by molar-refractivity contribution is 7.13. The van der Waals surface area contributed by atoms with Crippen LogP contribution in [0.15, 0.2) is 48.5 Å². The molecule has 1 aliphatic heterocycles. The Morgan fingerprint density at radius 1 is 1.16 bits per heavy atom. The number of rotatable bonds is 6. The summed E-state index contributed by atoms with van der Waals surface area (Å²) in [7, 11) is 1.80. The van der Waals surface area contributed by atoms with Crippen LogP contribution in [0.4, 0.5) is 4.39 Å². The van der Waals surface area contributed by atoms with Gasteiger partial charge in [-0.25, -0.2) is 4.39 Å². The second kappa shape index (κ2) is 9.56. The standard InChI is InChI=1S/C24H26FN3O2S/c1-27(24(30)22-20-9-2-3-10-21(20)31-26-22)15-6-8-19-7-4-5-16-28(19)23(29)17-11-13-18(25)14-12-17/h2-3,9-14,19H,4-8,15-16H2,1H3. The molecule has 1 fully saturated rings. The maximum absolute atomic E-state index is 13.2. The van der Waals surface area contributed by atoms with E-state index in [1.54, 1.807) is 24.1 Å². The zero-order valence-electron chi connectivity index (χ0n) is 17.6. The normalized spacial score (nSPS) is 16.5. The maximum Gasteiger partial charge on any atom is 0.273 e. The van der Waals surface area contributed by atoms with Crippen LogP contribution in [0, 0.1) is 5.82 Å². The first-order valence-electron chi connectivity index (χ1n) is 10.7. The van der Waals surface area contributed by atoms with Crippen molar-refractivity contribution in [2.75, 3.05) is 20.1 Å². The number of fused-ring (bicyclic) bond motifs is 1. The van der Waals surface area contributed by atoms with Gasteiger partial charge in [-0.05, 0) is 74.0 Å². The van der Waals surface area contributed by atoms with E-state index in [2.05, 4.69) is 4.37 Å². The summed E-state index contributed by atoms with van der Waals surface area (Å²) < 4.78 is 18.6. The lowest BCUT2D eigenvalue weighted by Crippen LogP contribution is -2.44. The first-order chi connectivity index (χ1) is 15.0. The summed E-state index contributed by atoms with van der Waals surface area (Å²) in [5.41, 5.74) is 1.03. The third kappa shape index (κ3) is 4.77. The second-order valence-electron chi connectivity index (χ2n) is 8.05. The molecule has 0 radical (unpaired) electrons. The average molecular weight is 440 g/mol. The summed E-state index contributed by atoms with van der Waals surface area (Å²) in [6.45, 7) is 1.33. The highest BCUT2D eigenvalue weighted by Gasteiger charge is 2.27. The Bertz CT molecular complexity index is 1070. The van der Waals surface area contributed by atoms with Gasteiger partial charge in [0.1, 0.15) is 11.5 Å². The van der Waals surface area contributed by atoms with Crippen molar-refractivity contribution in [2.24, 2.45) is 0 Å². The number of carbonyl (C=O) groups is 2. The van der Waals surface area contributed by atoms with Crippen LogP contribution in [-0.4, -0.2) is 52.2 Å². The van der Waals surface area contributed by atoms with Crippen molar-refractivity contribution in [1.29, 1.82) is 0 Å². The Morgan fingerprint density at radius 3 is 2.74 bits per heavy atom. The Hall–Kier alpha value is -2.80. The van der Waals surface area contributed by atoms with E-state index in [-0.39, 0.29) is 23.7 Å². The van der Waals surface area contributed by atoms with Gasteiger partial charge in [-0.2, -0.15) is 4.37 Å². The van der Waals surface area contributed by atoms with Crippen LogP contribution in [0.25, 0.3) is 10.1 Å². The highest BCUT2D eigenvalue weighted by Crippen LogP contribution is 2.25. The van der Waals surface area contributed by atoms with Crippen molar-refractivity contribution in [3.05, 3.63) is 65.6 Å². The molecule has 2 aromatic carbocycles. The minimum Gasteiger partial charge on any atom is -0.340 e. The van der Waals surface area contributed by atoms with Crippen molar-refractivity contribution in [3.8, 4) is 0 Å². The fraction of sp³-hybridized carbons (Fsp3) is 0.375. The summed E-state index contributed by atoms with van der Waals surface area (Å²) in [6.07, 6.45) is 4.68. The number of carbonyl (C=O) groups excluding carboxylic acids is 2. The molecule has 31 heavy (non-hydrogen) atoms. The predicted molar refractivity (Wildman–Crippen MR) is 121 cm³/mol. The van der Waals surface area contributed by atoms with Gasteiger partial charge in [0.25, 0.3) is 11.8 Å². The lowest BCUT2D eigenvalue weighted by atomic mass is 9.96.